The Balaban J connectivity index is 1.83. The molecule has 0 radical (unpaired) electrons. The molecule has 1 aromatic carbocycles. The lowest BCUT2D eigenvalue weighted by Gasteiger charge is -2.51. The van der Waals surface area contributed by atoms with Crippen LogP contribution in [0.3, 0.4) is 0 Å². The zero-order valence-corrected chi connectivity index (χ0v) is 20.7. The SMILES string of the molecule is C=C/C=C1/CCC2C(=C1CCC)C(c1ccc(N(CC)CC)cc1)CC1(C)C(O)CCC21. The minimum absolute atomic E-state index is 0.0351. The molecule has 2 fully saturated rings. The molecule has 0 aromatic heterocycles. The fourth-order valence-electron chi connectivity index (χ4n) is 7.34. The van der Waals surface area contributed by atoms with Crippen LogP contribution in [0.5, 0.6) is 0 Å². The van der Waals surface area contributed by atoms with Crippen molar-refractivity contribution >= 4 is 5.69 Å². The summed E-state index contributed by atoms with van der Waals surface area (Å²) in [5.74, 6) is 1.65. The second-order valence-corrected chi connectivity index (χ2v) is 10.5. The van der Waals surface area contributed by atoms with Crippen molar-refractivity contribution in [3.05, 3.63) is 65.3 Å². The third kappa shape index (κ3) is 3.89. The summed E-state index contributed by atoms with van der Waals surface area (Å²) >= 11 is 0. The summed E-state index contributed by atoms with van der Waals surface area (Å²) in [6.45, 7) is 15.2. The summed E-state index contributed by atoms with van der Waals surface area (Å²) in [5.41, 5.74) is 7.62. The monoisotopic (exact) mass is 433 g/mol. The number of nitrogens with zero attached hydrogens (tertiary/aromatic N) is 1. The van der Waals surface area contributed by atoms with Gasteiger partial charge in [0.1, 0.15) is 0 Å². The van der Waals surface area contributed by atoms with Gasteiger partial charge in [-0.2, -0.15) is 0 Å². The van der Waals surface area contributed by atoms with E-state index in [-0.39, 0.29) is 11.5 Å². The number of allylic oxidation sites excluding steroid dienone is 5. The molecular formula is C30H43NO. The molecule has 5 atom stereocenters. The molecule has 4 rings (SSSR count). The number of fused-ring (bicyclic) bond motifs is 3. The average Bonchev–Trinajstić information content (AvgIpc) is 3.10. The van der Waals surface area contributed by atoms with Crippen molar-refractivity contribution in [1.82, 2.24) is 0 Å². The fraction of sp³-hybridized carbons (Fsp3) is 0.600. The molecule has 0 heterocycles. The number of benzene rings is 1. The van der Waals surface area contributed by atoms with Crippen LogP contribution in [0.15, 0.2) is 59.7 Å². The van der Waals surface area contributed by atoms with E-state index in [1.807, 2.05) is 6.08 Å². The number of aliphatic hydroxyl groups excluding tert-OH is 1. The highest BCUT2D eigenvalue weighted by Gasteiger charge is 2.56. The normalized spacial score (nSPS) is 33.2. The van der Waals surface area contributed by atoms with Crippen LogP contribution in [-0.4, -0.2) is 24.3 Å². The molecule has 0 saturated heterocycles. The van der Waals surface area contributed by atoms with Crippen molar-refractivity contribution in [2.45, 2.75) is 84.7 Å². The zero-order chi connectivity index (χ0) is 22.9. The first-order valence-corrected chi connectivity index (χ1v) is 13.1. The Hall–Kier alpha value is -1.80. The fourth-order valence-corrected chi connectivity index (χ4v) is 7.34. The Morgan fingerprint density at radius 3 is 2.44 bits per heavy atom. The van der Waals surface area contributed by atoms with Gasteiger partial charge in [-0.3, -0.25) is 0 Å². The van der Waals surface area contributed by atoms with Crippen LogP contribution in [0.4, 0.5) is 5.69 Å². The molecule has 0 bridgehead atoms. The summed E-state index contributed by atoms with van der Waals surface area (Å²) in [6, 6.07) is 9.39. The molecule has 1 N–H and O–H groups in total. The van der Waals surface area contributed by atoms with Gasteiger partial charge in [0.05, 0.1) is 6.10 Å². The van der Waals surface area contributed by atoms with Crippen LogP contribution in [0.25, 0.3) is 0 Å². The molecular weight excluding hydrogens is 390 g/mol. The second kappa shape index (κ2) is 9.59. The highest BCUT2D eigenvalue weighted by molar-refractivity contribution is 5.52. The maximum absolute atomic E-state index is 11.1. The molecule has 174 valence electrons. The van der Waals surface area contributed by atoms with E-state index in [0.717, 1.165) is 38.8 Å². The molecule has 0 spiro atoms. The number of anilines is 1. The third-order valence-corrected chi connectivity index (χ3v) is 8.97. The second-order valence-electron chi connectivity index (χ2n) is 10.5. The van der Waals surface area contributed by atoms with Crippen molar-refractivity contribution in [3.8, 4) is 0 Å². The van der Waals surface area contributed by atoms with Crippen molar-refractivity contribution < 1.29 is 5.11 Å². The first kappa shape index (κ1) is 23.4. The molecule has 5 unspecified atom stereocenters. The van der Waals surface area contributed by atoms with Gasteiger partial charge in [-0.1, -0.05) is 56.7 Å². The van der Waals surface area contributed by atoms with Crippen LogP contribution in [0, 0.1) is 17.3 Å². The third-order valence-electron chi connectivity index (χ3n) is 8.97. The molecule has 2 nitrogen and oxygen atoms in total. The van der Waals surface area contributed by atoms with Crippen LogP contribution in [0.2, 0.25) is 0 Å². The lowest BCUT2D eigenvalue weighted by Crippen LogP contribution is -2.44. The average molecular weight is 434 g/mol. The van der Waals surface area contributed by atoms with E-state index in [1.165, 1.54) is 36.1 Å². The first-order valence-electron chi connectivity index (χ1n) is 13.1. The number of aliphatic hydroxyl groups is 1. The van der Waals surface area contributed by atoms with Gasteiger partial charge in [-0.05, 0) is 98.5 Å². The Morgan fingerprint density at radius 1 is 1.09 bits per heavy atom. The summed E-state index contributed by atoms with van der Waals surface area (Å²) in [4.78, 5) is 2.42. The van der Waals surface area contributed by atoms with Gasteiger partial charge in [0.2, 0.25) is 0 Å². The Kier molecular flexibility index (Phi) is 7.00. The lowest BCUT2D eigenvalue weighted by atomic mass is 9.53. The van der Waals surface area contributed by atoms with Gasteiger partial charge in [0.15, 0.2) is 0 Å². The molecule has 2 saturated carbocycles. The van der Waals surface area contributed by atoms with E-state index >= 15 is 0 Å². The number of rotatable bonds is 7. The van der Waals surface area contributed by atoms with Gasteiger partial charge in [-0.15, -0.1) is 0 Å². The van der Waals surface area contributed by atoms with E-state index in [1.54, 1.807) is 11.1 Å². The predicted molar refractivity (Wildman–Crippen MR) is 137 cm³/mol. The maximum Gasteiger partial charge on any atom is 0.0597 e. The van der Waals surface area contributed by atoms with Gasteiger partial charge in [0, 0.05) is 24.7 Å². The molecule has 0 aliphatic heterocycles. The molecule has 3 aliphatic carbocycles. The molecule has 2 heteroatoms. The lowest BCUT2D eigenvalue weighted by molar-refractivity contribution is -0.00293. The highest BCUT2D eigenvalue weighted by Crippen LogP contribution is 2.63. The predicted octanol–water partition coefficient (Wildman–Crippen LogP) is 7.42. The highest BCUT2D eigenvalue weighted by atomic mass is 16.3. The minimum atomic E-state index is -0.161. The smallest absolute Gasteiger partial charge is 0.0597 e. The van der Waals surface area contributed by atoms with Crippen molar-refractivity contribution in [2.75, 3.05) is 18.0 Å². The Labute approximate surface area is 196 Å². The summed E-state index contributed by atoms with van der Waals surface area (Å²) in [7, 11) is 0. The Morgan fingerprint density at radius 2 is 1.81 bits per heavy atom. The number of hydrogen-bond donors (Lipinski definition) is 1. The van der Waals surface area contributed by atoms with Gasteiger partial charge < -0.3 is 10.0 Å². The van der Waals surface area contributed by atoms with Crippen molar-refractivity contribution in [3.63, 3.8) is 0 Å². The Bertz CT molecular complexity index is 875. The zero-order valence-electron chi connectivity index (χ0n) is 20.7. The van der Waals surface area contributed by atoms with Crippen LogP contribution < -0.4 is 4.90 Å². The van der Waals surface area contributed by atoms with E-state index in [0.29, 0.717) is 17.8 Å². The first-order chi connectivity index (χ1) is 15.5. The van der Waals surface area contributed by atoms with E-state index in [4.69, 9.17) is 0 Å². The topological polar surface area (TPSA) is 23.5 Å². The molecule has 32 heavy (non-hydrogen) atoms. The maximum atomic E-state index is 11.1. The van der Waals surface area contributed by atoms with Crippen LogP contribution in [0.1, 0.15) is 84.1 Å². The van der Waals surface area contributed by atoms with E-state index in [9.17, 15) is 5.11 Å². The van der Waals surface area contributed by atoms with Crippen molar-refractivity contribution in [1.29, 1.82) is 0 Å². The standard InChI is InChI=1S/C30H43NO/c1-6-10-21-14-17-25-27-18-19-28(32)30(27,5)20-26(29(25)24(21)11-7-2)22-12-15-23(16-13-22)31(8-3)9-4/h6,10,12-13,15-16,25-28,32H,1,7-9,11,14,17-20H2,2-5H3/b21-10-. The van der Waals surface area contributed by atoms with Gasteiger partial charge in [0.25, 0.3) is 0 Å². The van der Waals surface area contributed by atoms with Crippen LogP contribution >= 0.6 is 0 Å². The van der Waals surface area contributed by atoms with Crippen LogP contribution in [-0.2, 0) is 0 Å². The molecule has 1 aromatic rings. The largest absolute Gasteiger partial charge is 0.393 e. The number of hydrogen-bond acceptors (Lipinski definition) is 2. The quantitative estimate of drug-likeness (QED) is 0.484. The van der Waals surface area contributed by atoms with E-state index in [2.05, 4.69) is 69.5 Å². The summed E-state index contributed by atoms with van der Waals surface area (Å²) in [5, 5.41) is 11.1. The summed E-state index contributed by atoms with van der Waals surface area (Å²) < 4.78 is 0. The summed E-state index contributed by atoms with van der Waals surface area (Å²) in [6.07, 6.45) is 12.0. The minimum Gasteiger partial charge on any atom is -0.393 e. The molecule has 3 aliphatic rings. The van der Waals surface area contributed by atoms with Gasteiger partial charge in [-0.25, -0.2) is 0 Å². The van der Waals surface area contributed by atoms with Gasteiger partial charge >= 0.3 is 0 Å². The van der Waals surface area contributed by atoms with Crippen molar-refractivity contribution in [2.24, 2.45) is 17.3 Å². The van der Waals surface area contributed by atoms with E-state index < -0.39 is 0 Å². The molecule has 0 amide bonds.